The molecule has 0 saturated carbocycles. The molecule has 2 N–H and O–H groups in total. The van der Waals surface area contributed by atoms with Crippen LogP contribution in [-0.2, 0) is 6.18 Å². The van der Waals surface area contributed by atoms with Crippen LogP contribution in [0.3, 0.4) is 0 Å². The smallest absolute Gasteiger partial charge is 0.367 e. The second-order valence-electron chi connectivity index (χ2n) is 6.95. The van der Waals surface area contributed by atoms with Crippen molar-refractivity contribution in [2.24, 2.45) is 0 Å². The van der Waals surface area contributed by atoms with Crippen molar-refractivity contribution in [1.29, 1.82) is 0 Å². The first-order valence-corrected chi connectivity index (χ1v) is 9.49. The van der Waals surface area contributed by atoms with Crippen LogP contribution in [-0.4, -0.2) is 26.2 Å². The van der Waals surface area contributed by atoms with Gasteiger partial charge >= 0.3 is 6.18 Å². The predicted molar refractivity (Wildman–Crippen MR) is 104 cm³/mol. The summed E-state index contributed by atoms with van der Waals surface area (Å²) in [6.07, 6.45) is 0.747. The van der Waals surface area contributed by atoms with Crippen LogP contribution in [0.2, 0.25) is 0 Å². The van der Waals surface area contributed by atoms with Crippen LogP contribution in [0.4, 0.5) is 19.0 Å². The average Bonchev–Trinajstić information content (AvgIpc) is 3.05. The summed E-state index contributed by atoms with van der Waals surface area (Å²) >= 11 is 0. The van der Waals surface area contributed by atoms with Crippen molar-refractivity contribution in [1.82, 2.24) is 20.2 Å². The lowest BCUT2D eigenvalue weighted by Gasteiger charge is -2.19. The zero-order chi connectivity index (χ0) is 20.3. The SMILES string of the molecule is CCCC(CCC)Nc1nc(C)cc2[nH]nc(-c3cc(C(F)(F)F)ccn3)c12. The summed E-state index contributed by atoms with van der Waals surface area (Å²) in [5.74, 6) is 0.630. The molecule has 0 aliphatic rings. The number of alkyl halides is 3. The highest BCUT2D eigenvalue weighted by molar-refractivity contribution is 6.00. The third-order valence-corrected chi connectivity index (χ3v) is 4.62. The van der Waals surface area contributed by atoms with Gasteiger partial charge in [-0.05, 0) is 38.0 Å². The summed E-state index contributed by atoms with van der Waals surface area (Å²) < 4.78 is 39.3. The molecule has 0 atom stereocenters. The number of nitrogens with one attached hydrogen (secondary N) is 2. The third kappa shape index (κ3) is 4.26. The van der Waals surface area contributed by atoms with Crippen molar-refractivity contribution in [3.63, 3.8) is 0 Å². The summed E-state index contributed by atoms with van der Waals surface area (Å²) in [6.45, 7) is 6.13. The lowest BCUT2D eigenvalue weighted by Crippen LogP contribution is -2.20. The van der Waals surface area contributed by atoms with Crippen molar-refractivity contribution < 1.29 is 13.2 Å². The van der Waals surface area contributed by atoms with E-state index in [2.05, 4.69) is 39.3 Å². The standard InChI is InChI=1S/C20H24F3N5/c1-4-6-14(7-5-2)26-19-17-15(10-12(3)25-19)27-28-18(17)16-11-13(8-9-24-16)20(21,22)23/h8-11,14H,4-7H2,1-3H3,(H,25,26)(H,27,28). The van der Waals surface area contributed by atoms with Crippen molar-refractivity contribution in [2.75, 3.05) is 5.32 Å². The van der Waals surface area contributed by atoms with Crippen LogP contribution in [0.25, 0.3) is 22.3 Å². The number of rotatable bonds is 7. The molecular weight excluding hydrogens is 367 g/mol. The van der Waals surface area contributed by atoms with Gasteiger partial charge in [0, 0.05) is 17.9 Å². The van der Waals surface area contributed by atoms with E-state index in [4.69, 9.17) is 0 Å². The van der Waals surface area contributed by atoms with Crippen LogP contribution in [0, 0.1) is 6.92 Å². The molecule has 150 valence electrons. The predicted octanol–water partition coefficient (Wildman–Crippen LogP) is 5.73. The van der Waals surface area contributed by atoms with Gasteiger partial charge in [0.15, 0.2) is 0 Å². The monoisotopic (exact) mass is 391 g/mol. The van der Waals surface area contributed by atoms with E-state index in [1.54, 1.807) is 0 Å². The van der Waals surface area contributed by atoms with Gasteiger partial charge in [0.2, 0.25) is 0 Å². The van der Waals surface area contributed by atoms with Crippen LogP contribution >= 0.6 is 0 Å². The fourth-order valence-electron chi connectivity index (χ4n) is 3.38. The molecular formula is C20H24F3N5. The molecule has 0 unspecified atom stereocenters. The Morgan fingerprint density at radius 3 is 2.50 bits per heavy atom. The van der Waals surface area contributed by atoms with E-state index < -0.39 is 11.7 Å². The van der Waals surface area contributed by atoms with Crippen LogP contribution in [0.1, 0.15) is 50.8 Å². The number of aromatic nitrogens is 4. The maximum Gasteiger partial charge on any atom is 0.416 e. The van der Waals surface area contributed by atoms with Crippen molar-refractivity contribution in [2.45, 2.75) is 58.7 Å². The van der Waals surface area contributed by atoms with Crippen LogP contribution in [0.15, 0.2) is 24.4 Å². The second-order valence-corrected chi connectivity index (χ2v) is 6.95. The van der Waals surface area contributed by atoms with Gasteiger partial charge in [0.25, 0.3) is 0 Å². The second kappa shape index (κ2) is 8.16. The summed E-state index contributed by atoms with van der Waals surface area (Å²) in [4.78, 5) is 8.74. The molecule has 3 heterocycles. The first-order chi connectivity index (χ1) is 13.3. The molecule has 0 bridgehead atoms. The van der Waals surface area contributed by atoms with E-state index >= 15 is 0 Å². The van der Waals surface area contributed by atoms with E-state index in [1.165, 1.54) is 0 Å². The number of hydrogen-bond acceptors (Lipinski definition) is 4. The number of aromatic amines is 1. The molecule has 3 aromatic rings. The molecule has 0 fully saturated rings. The van der Waals surface area contributed by atoms with Crippen molar-refractivity contribution >= 4 is 16.7 Å². The normalized spacial score (nSPS) is 12.1. The minimum absolute atomic E-state index is 0.164. The number of fused-ring (bicyclic) bond motifs is 1. The molecule has 0 radical (unpaired) electrons. The summed E-state index contributed by atoms with van der Waals surface area (Å²) in [6, 6.07) is 4.05. The van der Waals surface area contributed by atoms with Crippen LogP contribution < -0.4 is 5.32 Å². The Morgan fingerprint density at radius 2 is 1.86 bits per heavy atom. The third-order valence-electron chi connectivity index (χ3n) is 4.62. The fourth-order valence-corrected chi connectivity index (χ4v) is 3.38. The number of nitrogens with zero attached hydrogens (tertiary/aromatic N) is 3. The highest BCUT2D eigenvalue weighted by Crippen LogP contribution is 2.35. The van der Waals surface area contributed by atoms with E-state index in [1.807, 2.05) is 13.0 Å². The average molecular weight is 391 g/mol. The topological polar surface area (TPSA) is 66.5 Å². The lowest BCUT2D eigenvalue weighted by molar-refractivity contribution is -0.137. The Kier molecular flexibility index (Phi) is 5.86. The fraction of sp³-hybridized carbons (Fsp3) is 0.450. The minimum Gasteiger partial charge on any atom is -0.367 e. The van der Waals surface area contributed by atoms with E-state index in [0.29, 0.717) is 16.9 Å². The maximum absolute atomic E-state index is 13.1. The zero-order valence-electron chi connectivity index (χ0n) is 16.2. The molecule has 0 aliphatic heterocycles. The molecule has 3 rings (SSSR count). The number of anilines is 1. The maximum atomic E-state index is 13.1. The quantitative estimate of drug-likeness (QED) is 0.540. The number of halogens is 3. The number of hydrogen-bond donors (Lipinski definition) is 2. The summed E-state index contributed by atoms with van der Waals surface area (Å²) in [5.41, 5.74) is 1.29. The summed E-state index contributed by atoms with van der Waals surface area (Å²) in [7, 11) is 0. The molecule has 5 nitrogen and oxygen atoms in total. The van der Waals surface area contributed by atoms with Gasteiger partial charge in [-0.1, -0.05) is 26.7 Å². The first-order valence-electron chi connectivity index (χ1n) is 9.49. The van der Waals surface area contributed by atoms with Crippen LogP contribution in [0.5, 0.6) is 0 Å². The Hall–Kier alpha value is -2.64. The van der Waals surface area contributed by atoms with E-state index in [9.17, 15) is 13.2 Å². The molecule has 28 heavy (non-hydrogen) atoms. The van der Waals surface area contributed by atoms with Gasteiger partial charge in [-0.25, -0.2) is 4.98 Å². The van der Waals surface area contributed by atoms with Gasteiger partial charge in [0.1, 0.15) is 11.5 Å². The lowest BCUT2D eigenvalue weighted by atomic mass is 10.1. The molecule has 0 saturated heterocycles. The van der Waals surface area contributed by atoms with Gasteiger partial charge < -0.3 is 5.32 Å². The van der Waals surface area contributed by atoms with Crippen molar-refractivity contribution in [3.8, 4) is 11.4 Å². The highest BCUT2D eigenvalue weighted by Gasteiger charge is 2.31. The van der Waals surface area contributed by atoms with Crippen molar-refractivity contribution in [3.05, 3.63) is 35.7 Å². The number of aryl methyl sites for hydroxylation is 1. The first kappa shape index (κ1) is 20.1. The molecule has 8 heteroatoms. The number of H-pyrrole nitrogens is 1. The summed E-state index contributed by atoms with van der Waals surface area (Å²) in [5, 5.41) is 11.3. The molecule has 0 aliphatic carbocycles. The van der Waals surface area contributed by atoms with E-state index in [-0.39, 0.29) is 11.7 Å². The largest absolute Gasteiger partial charge is 0.416 e. The van der Waals surface area contributed by atoms with Gasteiger partial charge in [0.05, 0.1) is 22.2 Å². The molecule has 0 spiro atoms. The van der Waals surface area contributed by atoms with Gasteiger partial charge in [-0.15, -0.1) is 0 Å². The zero-order valence-corrected chi connectivity index (χ0v) is 16.2. The highest BCUT2D eigenvalue weighted by atomic mass is 19.4. The Bertz CT molecular complexity index is 943. The van der Waals surface area contributed by atoms with Gasteiger partial charge in [-0.2, -0.15) is 18.3 Å². The van der Waals surface area contributed by atoms with E-state index in [0.717, 1.165) is 55.2 Å². The Morgan fingerprint density at radius 1 is 1.14 bits per heavy atom. The molecule has 0 aromatic carbocycles. The minimum atomic E-state index is -4.44. The Balaban J connectivity index is 2.10. The van der Waals surface area contributed by atoms with Gasteiger partial charge in [-0.3, -0.25) is 10.1 Å². The molecule has 0 amide bonds. The Labute approximate surface area is 161 Å². The number of pyridine rings is 2. The molecule has 3 aromatic heterocycles.